The summed E-state index contributed by atoms with van der Waals surface area (Å²) < 4.78 is 19.5. The average molecular weight is 449 g/mol. The highest BCUT2D eigenvalue weighted by Gasteiger charge is 2.24. The minimum atomic E-state index is -0.936. The van der Waals surface area contributed by atoms with Gasteiger partial charge in [0.1, 0.15) is 6.10 Å². The number of carbonyl (C=O) groups excluding carboxylic acids is 2. The second kappa shape index (κ2) is 10.8. The van der Waals surface area contributed by atoms with Gasteiger partial charge in [-0.05, 0) is 48.0 Å². The van der Waals surface area contributed by atoms with Crippen molar-refractivity contribution in [2.75, 3.05) is 16.4 Å². The molecule has 3 aromatic rings. The SMILES string of the molecule is C[C@H](/C=C/C(=O)Nc1ccccc1N)[C@@H](OC(=O)Nc1ccccc1)c1ccc(O)c(F)c1. The van der Waals surface area contributed by atoms with Crippen LogP contribution in [0.4, 0.5) is 26.2 Å². The van der Waals surface area contributed by atoms with E-state index in [-0.39, 0.29) is 0 Å². The Hall–Kier alpha value is -4.33. The summed E-state index contributed by atoms with van der Waals surface area (Å²) in [6.07, 6.45) is 1.15. The number of anilines is 3. The average Bonchev–Trinajstić information content (AvgIpc) is 2.80. The summed E-state index contributed by atoms with van der Waals surface area (Å²) in [6.45, 7) is 1.71. The molecule has 0 radical (unpaired) electrons. The van der Waals surface area contributed by atoms with E-state index >= 15 is 0 Å². The number of benzene rings is 3. The number of phenolic OH excluding ortho intramolecular Hbond substituents is 1. The van der Waals surface area contributed by atoms with Crippen molar-refractivity contribution < 1.29 is 23.8 Å². The lowest BCUT2D eigenvalue weighted by atomic mass is 9.96. The quantitative estimate of drug-likeness (QED) is 0.291. The standard InChI is InChI=1S/C25H24FN3O4/c1-16(11-14-23(31)29-21-10-6-5-9-20(21)27)24(17-12-13-22(30)19(26)15-17)33-25(32)28-18-7-3-2-4-8-18/h2-16,24,30H,27H2,1H3,(H,28,32)(H,29,31)/b14-11+/t16-,24-/m1/s1. The first-order valence-corrected chi connectivity index (χ1v) is 10.2. The number of aromatic hydroxyl groups is 1. The third kappa shape index (κ3) is 6.57. The maximum Gasteiger partial charge on any atom is 0.412 e. The molecular formula is C25H24FN3O4. The number of carbonyl (C=O) groups is 2. The Morgan fingerprint density at radius 1 is 1.03 bits per heavy atom. The Balaban J connectivity index is 1.76. The molecule has 3 aromatic carbocycles. The molecule has 2 amide bonds. The minimum Gasteiger partial charge on any atom is -0.505 e. The molecule has 33 heavy (non-hydrogen) atoms. The Morgan fingerprint density at radius 2 is 1.73 bits per heavy atom. The fourth-order valence-electron chi connectivity index (χ4n) is 3.09. The van der Waals surface area contributed by atoms with Crippen molar-refractivity contribution >= 4 is 29.1 Å². The van der Waals surface area contributed by atoms with E-state index in [2.05, 4.69) is 10.6 Å². The van der Waals surface area contributed by atoms with Crippen molar-refractivity contribution in [2.45, 2.75) is 13.0 Å². The van der Waals surface area contributed by atoms with E-state index in [0.29, 0.717) is 22.6 Å². The zero-order valence-corrected chi connectivity index (χ0v) is 17.9. The number of nitrogens with one attached hydrogen (secondary N) is 2. The highest BCUT2D eigenvalue weighted by molar-refractivity contribution is 6.01. The summed E-state index contributed by atoms with van der Waals surface area (Å²) in [5, 5.41) is 14.8. The Bertz CT molecular complexity index is 1150. The van der Waals surface area contributed by atoms with Crippen LogP contribution in [0.25, 0.3) is 0 Å². The number of rotatable bonds is 7. The van der Waals surface area contributed by atoms with E-state index in [4.69, 9.17) is 10.5 Å². The van der Waals surface area contributed by atoms with Crippen LogP contribution in [0, 0.1) is 11.7 Å². The van der Waals surface area contributed by atoms with Gasteiger partial charge in [0.05, 0.1) is 11.4 Å². The third-order valence-electron chi connectivity index (χ3n) is 4.80. The highest BCUT2D eigenvalue weighted by atomic mass is 19.1. The molecule has 5 N–H and O–H groups in total. The number of ether oxygens (including phenoxy) is 1. The van der Waals surface area contributed by atoms with Crippen LogP contribution < -0.4 is 16.4 Å². The van der Waals surface area contributed by atoms with Crippen LogP contribution in [-0.2, 0) is 9.53 Å². The smallest absolute Gasteiger partial charge is 0.412 e. The summed E-state index contributed by atoms with van der Waals surface area (Å²) >= 11 is 0. The molecule has 0 aliphatic rings. The highest BCUT2D eigenvalue weighted by Crippen LogP contribution is 2.30. The topological polar surface area (TPSA) is 114 Å². The number of hydrogen-bond donors (Lipinski definition) is 4. The van der Waals surface area contributed by atoms with Crippen molar-refractivity contribution in [2.24, 2.45) is 5.92 Å². The van der Waals surface area contributed by atoms with Gasteiger partial charge in [-0.3, -0.25) is 10.1 Å². The van der Waals surface area contributed by atoms with Gasteiger partial charge in [0.2, 0.25) is 5.91 Å². The van der Waals surface area contributed by atoms with Crippen LogP contribution in [0.5, 0.6) is 5.75 Å². The molecule has 2 atom stereocenters. The van der Waals surface area contributed by atoms with Crippen LogP contribution in [0.1, 0.15) is 18.6 Å². The van der Waals surface area contributed by atoms with Crippen molar-refractivity contribution in [3.8, 4) is 5.75 Å². The largest absolute Gasteiger partial charge is 0.505 e. The zero-order chi connectivity index (χ0) is 23.8. The van der Waals surface area contributed by atoms with Crippen LogP contribution in [0.15, 0.2) is 84.9 Å². The summed E-state index contributed by atoms with van der Waals surface area (Å²) in [5.74, 6) is -2.31. The minimum absolute atomic E-state index is 0.318. The first-order chi connectivity index (χ1) is 15.8. The van der Waals surface area contributed by atoms with Gasteiger partial charge < -0.3 is 20.9 Å². The molecule has 0 bridgehead atoms. The normalized spacial score (nSPS) is 12.7. The lowest BCUT2D eigenvalue weighted by molar-refractivity contribution is -0.111. The summed E-state index contributed by atoms with van der Waals surface area (Å²) in [7, 11) is 0. The van der Waals surface area contributed by atoms with Crippen LogP contribution >= 0.6 is 0 Å². The number of phenols is 1. The van der Waals surface area contributed by atoms with Crippen molar-refractivity contribution in [1.29, 1.82) is 0 Å². The Labute approximate surface area is 190 Å². The maximum atomic E-state index is 14.0. The summed E-state index contributed by atoms with van der Waals surface area (Å²) in [6, 6.07) is 19.3. The predicted molar refractivity (Wildman–Crippen MR) is 125 cm³/mol. The molecule has 8 heteroatoms. The molecule has 0 aliphatic heterocycles. The molecule has 170 valence electrons. The molecule has 0 heterocycles. The Kier molecular flexibility index (Phi) is 7.64. The van der Waals surface area contributed by atoms with Gasteiger partial charge in [0, 0.05) is 11.6 Å². The lowest BCUT2D eigenvalue weighted by Crippen LogP contribution is -2.21. The van der Waals surface area contributed by atoms with E-state index in [1.54, 1.807) is 67.6 Å². The van der Waals surface area contributed by atoms with E-state index in [9.17, 15) is 19.1 Å². The molecule has 0 fully saturated rings. The second-order valence-electron chi connectivity index (χ2n) is 7.32. The molecule has 7 nitrogen and oxygen atoms in total. The molecule has 0 aromatic heterocycles. The molecular weight excluding hydrogens is 425 g/mol. The number of hydrogen-bond acceptors (Lipinski definition) is 5. The number of para-hydroxylation sites is 3. The molecule has 3 rings (SSSR count). The van der Waals surface area contributed by atoms with E-state index in [1.807, 2.05) is 0 Å². The maximum absolute atomic E-state index is 14.0. The van der Waals surface area contributed by atoms with Gasteiger partial charge in [0.15, 0.2) is 11.6 Å². The molecule has 0 saturated heterocycles. The summed E-state index contributed by atoms with van der Waals surface area (Å²) in [5.41, 5.74) is 7.57. The summed E-state index contributed by atoms with van der Waals surface area (Å²) in [4.78, 5) is 24.8. The van der Waals surface area contributed by atoms with Crippen molar-refractivity contribution in [1.82, 2.24) is 0 Å². The lowest BCUT2D eigenvalue weighted by Gasteiger charge is -2.23. The first kappa shape index (κ1) is 23.3. The van der Waals surface area contributed by atoms with Crippen LogP contribution in [0.3, 0.4) is 0 Å². The molecule has 0 aliphatic carbocycles. The van der Waals surface area contributed by atoms with Gasteiger partial charge in [0.25, 0.3) is 0 Å². The fourth-order valence-corrected chi connectivity index (χ4v) is 3.09. The molecule has 0 saturated carbocycles. The second-order valence-corrected chi connectivity index (χ2v) is 7.32. The Morgan fingerprint density at radius 3 is 2.42 bits per heavy atom. The van der Waals surface area contributed by atoms with Crippen molar-refractivity contribution in [3.05, 3.63) is 96.3 Å². The van der Waals surface area contributed by atoms with E-state index in [1.165, 1.54) is 18.2 Å². The zero-order valence-electron chi connectivity index (χ0n) is 17.9. The third-order valence-corrected chi connectivity index (χ3v) is 4.80. The monoisotopic (exact) mass is 449 g/mol. The number of amides is 2. The molecule has 0 spiro atoms. The fraction of sp³-hybridized carbons (Fsp3) is 0.120. The van der Waals surface area contributed by atoms with Gasteiger partial charge in [-0.1, -0.05) is 49.4 Å². The van der Waals surface area contributed by atoms with Gasteiger partial charge >= 0.3 is 6.09 Å². The number of nitrogens with two attached hydrogens (primary N) is 1. The van der Waals surface area contributed by atoms with Gasteiger partial charge in [-0.15, -0.1) is 0 Å². The van der Waals surface area contributed by atoms with Gasteiger partial charge in [-0.2, -0.15) is 0 Å². The number of nitrogen functional groups attached to an aromatic ring is 1. The van der Waals surface area contributed by atoms with E-state index < -0.39 is 35.6 Å². The first-order valence-electron chi connectivity index (χ1n) is 10.2. The number of halogens is 1. The van der Waals surface area contributed by atoms with Crippen LogP contribution in [-0.4, -0.2) is 17.1 Å². The van der Waals surface area contributed by atoms with Crippen LogP contribution in [0.2, 0.25) is 0 Å². The van der Waals surface area contributed by atoms with E-state index in [0.717, 1.165) is 6.07 Å². The molecule has 0 unspecified atom stereocenters. The predicted octanol–water partition coefficient (Wildman–Crippen LogP) is 5.23. The van der Waals surface area contributed by atoms with Crippen molar-refractivity contribution in [3.63, 3.8) is 0 Å². The van der Waals surface area contributed by atoms with Gasteiger partial charge in [-0.25, -0.2) is 9.18 Å².